The van der Waals surface area contributed by atoms with Gasteiger partial charge < -0.3 is 9.84 Å². The molecule has 1 N–H and O–H groups in total. The molecule has 29 heavy (non-hydrogen) atoms. The Balaban J connectivity index is 1.90. The lowest BCUT2D eigenvalue weighted by Crippen LogP contribution is -2.23. The van der Waals surface area contributed by atoms with Crippen LogP contribution in [0.2, 0.25) is 0 Å². The Morgan fingerprint density at radius 2 is 1.83 bits per heavy atom. The summed E-state index contributed by atoms with van der Waals surface area (Å²) in [7, 11) is 1.42. The summed E-state index contributed by atoms with van der Waals surface area (Å²) in [6.07, 6.45) is 2.40. The number of halogens is 1. The van der Waals surface area contributed by atoms with Gasteiger partial charge in [0.25, 0.3) is 0 Å². The third-order valence-corrected chi connectivity index (χ3v) is 5.33. The van der Waals surface area contributed by atoms with E-state index in [-0.39, 0.29) is 16.7 Å². The minimum Gasteiger partial charge on any atom is -0.495 e. The molecule has 1 aromatic heterocycles. The van der Waals surface area contributed by atoms with Crippen molar-refractivity contribution in [3.8, 4) is 11.4 Å². The van der Waals surface area contributed by atoms with E-state index in [0.29, 0.717) is 5.69 Å². The SMILES string of the molecule is COc1cccc2c(=O)c(C(=O)O)c(F)n(-c3ccc(CN4CCCC4)cc3)c12. The molecular weight excluding hydrogens is 375 g/mol. The van der Waals surface area contributed by atoms with E-state index in [1.165, 1.54) is 26.0 Å². The summed E-state index contributed by atoms with van der Waals surface area (Å²) >= 11 is 0. The molecule has 0 spiro atoms. The van der Waals surface area contributed by atoms with Crippen LogP contribution in [-0.2, 0) is 6.54 Å². The van der Waals surface area contributed by atoms with Crippen molar-refractivity contribution in [2.75, 3.05) is 20.2 Å². The number of aromatic nitrogens is 1. The Bertz CT molecular complexity index is 1130. The minimum atomic E-state index is -1.60. The molecule has 0 amide bonds. The van der Waals surface area contributed by atoms with Crippen LogP contribution in [0.1, 0.15) is 28.8 Å². The number of hydrogen-bond acceptors (Lipinski definition) is 4. The molecule has 1 fully saturated rings. The highest BCUT2D eigenvalue weighted by Gasteiger charge is 2.25. The fourth-order valence-electron chi connectivity index (χ4n) is 3.92. The van der Waals surface area contributed by atoms with Crippen molar-refractivity contribution in [3.05, 3.63) is 69.8 Å². The summed E-state index contributed by atoms with van der Waals surface area (Å²) in [5.41, 5.74) is -0.0380. The van der Waals surface area contributed by atoms with Gasteiger partial charge in [-0.3, -0.25) is 14.3 Å². The minimum absolute atomic E-state index is 0.0873. The molecule has 1 aliphatic heterocycles. The van der Waals surface area contributed by atoms with Gasteiger partial charge in [-0.15, -0.1) is 0 Å². The Morgan fingerprint density at radius 3 is 2.45 bits per heavy atom. The van der Waals surface area contributed by atoms with Gasteiger partial charge in [-0.25, -0.2) is 4.79 Å². The molecule has 150 valence electrons. The summed E-state index contributed by atoms with van der Waals surface area (Å²) in [6, 6.07) is 11.9. The first kappa shape index (κ1) is 19.1. The van der Waals surface area contributed by atoms with Crippen molar-refractivity contribution in [2.45, 2.75) is 19.4 Å². The number of fused-ring (bicyclic) bond motifs is 1. The predicted molar refractivity (Wildman–Crippen MR) is 108 cm³/mol. The van der Waals surface area contributed by atoms with Gasteiger partial charge in [-0.1, -0.05) is 18.2 Å². The Kier molecular flexibility index (Phi) is 5.07. The van der Waals surface area contributed by atoms with E-state index in [2.05, 4.69) is 4.90 Å². The second kappa shape index (κ2) is 7.67. The zero-order valence-electron chi connectivity index (χ0n) is 16.0. The van der Waals surface area contributed by atoms with Crippen molar-refractivity contribution in [1.82, 2.24) is 9.47 Å². The number of aromatic carboxylic acids is 1. The molecule has 0 bridgehead atoms. The monoisotopic (exact) mass is 396 g/mol. The average molecular weight is 396 g/mol. The van der Waals surface area contributed by atoms with Gasteiger partial charge in [-0.05, 0) is 55.8 Å². The van der Waals surface area contributed by atoms with Crippen LogP contribution in [0, 0.1) is 5.95 Å². The number of para-hydroxylation sites is 1. The number of hydrogen-bond donors (Lipinski definition) is 1. The van der Waals surface area contributed by atoms with Crippen LogP contribution in [0.3, 0.4) is 0 Å². The number of nitrogens with zero attached hydrogens (tertiary/aromatic N) is 2. The van der Waals surface area contributed by atoms with E-state index in [4.69, 9.17) is 4.74 Å². The number of carboxylic acid groups (broad SMARTS) is 1. The highest BCUT2D eigenvalue weighted by atomic mass is 19.1. The van der Waals surface area contributed by atoms with Gasteiger partial charge in [0.1, 0.15) is 11.3 Å². The third kappa shape index (κ3) is 3.38. The molecule has 1 aliphatic rings. The van der Waals surface area contributed by atoms with E-state index in [0.717, 1.165) is 29.8 Å². The number of carbonyl (C=O) groups is 1. The zero-order chi connectivity index (χ0) is 20.5. The normalized spacial score (nSPS) is 14.4. The molecule has 0 atom stereocenters. The fourth-order valence-corrected chi connectivity index (χ4v) is 3.92. The standard InChI is InChI=1S/C22H21FN2O4/c1-29-17-6-4-5-16-19(17)25(21(23)18(20(16)26)22(27)28)15-9-7-14(8-10-15)13-24-11-2-3-12-24/h4-10H,2-3,11-13H2,1H3,(H,27,28). The fraction of sp³-hybridized carbons (Fsp3) is 0.273. The van der Waals surface area contributed by atoms with Gasteiger partial charge in [0.15, 0.2) is 5.56 Å². The van der Waals surface area contributed by atoms with E-state index >= 15 is 4.39 Å². The smallest absolute Gasteiger partial charge is 0.344 e. The first-order chi connectivity index (χ1) is 14.0. The number of methoxy groups -OCH3 is 1. The Labute approximate surface area is 166 Å². The molecule has 4 rings (SSSR count). The summed E-state index contributed by atoms with van der Waals surface area (Å²) in [5.74, 6) is -2.43. The maximum Gasteiger partial charge on any atom is 0.344 e. The molecule has 0 aliphatic carbocycles. The van der Waals surface area contributed by atoms with Gasteiger partial charge in [-0.2, -0.15) is 4.39 Å². The van der Waals surface area contributed by atoms with Crippen molar-refractivity contribution in [1.29, 1.82) is 0 Å². The van der Waals surface area contributed by atoms with Crippen molar-refractivity contribution in [3.63, 3.8) is 0 Å². The van der Waals surface area contributed by atoms with E-state index in [9.17, 15) is 14.7 Å². The second-order valence-corrected chi connectivity index (χ2v) is 7.14. The lowest BCUT2D eigenvalue weighted by molar-refractivity contribution is 0.0689. The van der Waals surface area contributed by atoms with Gasteiger partial charge in [0.2, 0.25) is 11.4 Å². The average Bonchev–Trinajstić information content (AvgIpc) is 3.22. The van der Waals surface area contributed by atoms with Crippen LogP contribution in [0.4, 0.5) is 4.39 Å². The summed E-state index contributed by atoms with van der Waals surface area (Å²) in [4.78, 5) is 26.5. The molecule has 2 aromatic carbocycles. The van der Waals surface area contributed by atoms with Crippen molar-refractivity contribution < 1.29 is 19.0 Å². The lowest BCUT2D eigenvalue weighted by Gasteiger charge is -2.18. The quantitative estimate of drug-likeness (QED) is 0.669. The van der Waals surface area contributed by atoms with Crippen molar-refractivity contribution >= 4 is 16.9 Å². The van der Waals surface area contributed by atoms with Gasteiger partial charge >= 0.3 is 5.97 Å². The van der Waals surface area contributed by atoms with Gasteiger partial charge in [0.05, 0.1) is 12.5 Å². The maximum atomic E-state index is 15.3. The topological polar surface area (TPSA) is 71.8 Å². The molecular formula is C22H21FN2O4. The number of ether oxygens (including phenoxy) is 1. The third-order valence-electron chi connectivity index (χ3n) is 5.33. The number of carboxylic acids is 1. The number of benzene rings is 2. The number of pyridine rings is 1. The first-order valence-corrected chi connectivity index (χ1v) is 9.47. The summed E-state index contributed by atoms with van der Waals surface area (Å²) in [6.45, 7) is 2.96. The molecule has 7 heteroatoms. The van der Waals surface area contributed by atoms with Crippen LogP contribution in [0.25, 0.3) is 16.6 Å². The zero-order valence-corrected chi connectivity index (χ0v) is 16.0. The van der Waals surface area contributed by atoms with Gasteiger partial charge in [0, 0.05) is 12.2 Å². The number of rotatable bonds is 5. The molecule has 2 heterocycles. The van der Waals surface area contributed by atoms with E-state index < -0.39 is 22.9 Å². The first-order valence-electron chi connectivity index (χ1n) is 9.47. The lowest BCUT2D eigenvalue weighted by atomic mass is 10.1. The molecule has 0 unspecified atom stereocenters. The largest absolute Gasteiger partial charge is 0.495 e. The maximum absolute atomic E-state index is 15.3. The predicted octanol–water partition coefficient (Wildman–Crippen LogP) is 3.43. The van der Waals surface area contributed by atoms with Crippen LogP contribution < -0.4 is 10.2 Å². The van der Waals surface area contributed by atoms with Crippen LogP contribution in [-0.4, -0.2) is 40.7 Å². The van der Waals surface area contributed by atoms with Crippen LogP contribution in [0.5, 0.6) is 5.75 Å². The van der Waals surface area contributed by atoms with E-state index in [1.807, 2.05) is 12.1 Å². The Hall–Kier alpha value is -3.19. The molecule has 0 saturated carbocycles. The number of likely N-dealkylation sites (tertiary alicyclic amines) is 1. The molecule has 3 aromatic rings. The summed E-state index contributed by atoms with van der Waals surface area (Å²) < 4.78 is 21.7. The van der Waals surface area contributed by atoms with Crippen molar-refractivity contribution in [2.24, 2.45) is 0 Å². The van der Waals surface area contributed by atoms with Crippen LogP contribution in [0.15, 0.2) is 47.3 Å². The highest BCUT2D eigenvalue weighted by molar-refractivity contribution is 5.95. The second-order valence-electron chi connectivity index (χ2n) is 7.14. The molecule has 0 radical (unpaired) electrons. The van der Waals surface area contributed by atoms with Crippen LogP contribution >= 0.6 is 0 Å². The summed E-state index contributed by atoms with van der Waals surface area (Å²) in [5, 5.41) is 9.50. The van der Waals surface area contributed by atoms with E-state index in [1.54, 1.807) is 24.3 Å². The molecule has 6 nitrogen and oxygen atoms in total. The molecule has 1 saturated heterocycles. The Morgan fingerprint density at radius 1 is 1.14 bits per heavy atom. The highest BCUT2D eigenvalue weighted by Crippen LogP contribution is 2.29.